The van der Waals surface area contributed by atoms with Crippen molar-refractivity contribution >= 4 is 17.9 Å². The van der Waals surface area contributed by atoms with Crippen molar-refractivity contribution in [3.63, 3.8) is 0 Å². The van der Waals surface area contributed by atoms with E-state index in [-0.39, 0.29) is 35.9 Å². The number of allylic oxidation sites excluding steroid dienone is 2. The van der Waals surface area contributed by atoms with Crippen molar-refractivity contribution in [3.05, 3.63) is 81.7 Å². The predicted octanol–water partition coefficient (Wildman–Crippen LogP) is 4.58. The first-order valence-corrected chi connectivity index (χ1v) is 11.7. The smallest absolute Gasteiger partial charge is 0.343 e. The topological polar surface area (TPSA) is 100 Å². The van der Waals surface area contributed by atoms with Crippen LogP contribution < -0.4 is 14.8 Å². The first-order valence-electron chi connectivity index (χ1n) is 11.7. The number of ether oxygens (including phenoxy) is 4. The molecule has 0 aromatic heterocycles. The minimum Gasteiger partial charge on any atom is -0.493 e. The maximum Gasteiger partial charge on any atom is 0.343 e. The summed E-state index contributed by atoms with van der Waals surface area (Å²) in [5, 5.41) is 3.10. The highest BCUT2D eigenvalue weighted by Gasteiger charge is 2.38. The van der Waals surface area contributed by atoms with Gasteiger partial charge in [0.15, 0.2) is 11.5 Å². The lowest BCUT2D eigenvalue weighted by Crippen LogP contribution is -2.32. The number of aryl methyl sites for hydroxylation is 1. The molecule has 0 radical (unpaired) electrons. The summed E-state index contributed by atoms with van der Waals surface area (Å²) in [6, 6.07) is 11.9. The average molecular weight is 494 g/mol. The number of hydrogen-bond acceptors (Lipinski definition) is 8. The van der Waals surface area contributed by atoms with Gasteiger partial charge in [-0.2, -0.15) is 0 Å². The number of esters is 3. The average Bonchev–Trinajstić information content (AvgIpc) is 2.84. The summed E-state index contributed by atoms with van der Waals surface area (Å²) in [6.45, 7) is 9.21. The lowest BCUT2D eigenvalue weighted by Gasteiger charge is -2.30. The largest absolute Gasteiger partial charge is 0.493 e. The molecule has 8 nitrogen and oxygen atoms in total. The molecule has 1 aliphatic rings. The van der Waals surface area contributed by atoms with Gasteiger partial charge in [-0.1, -0.05) is 23.8 Å². The van der Waals surface area contributed by atoms with E-state index in [1.165, 1.54) is 7.11 Å². The van der Waals surface area contributed by atoms with Crippen molar-refractivity contribution in [1.82, 2.24) is 5.32 Å². The highest BCUT2D eigenvalue weighted by Crippen LogP contribution is 2.42. The van der Waals surface area contributed by atoms with Crippen LogP contribution in [0.25, 0.3) is 0 Å². The Morgan fingerprint density at radius 3 is 1.83 bits per heavy atom. The van der Waals surface area contributed by atoms with Gasteiger partial charge >= 0.3 is 17.9 Å². The first-order chi connectivity index (χ1) is 17.2. The standard InChI is InChI=1S/C28H31NO7/c1-7-34-27(31)23-17(4)29-18(5)24(28(32)35-8-2)25(23)20-13-14-21(22(15-20)33-6)36-26(30)19-11-9-16(3)10-12-19/h9-15,25,29H,7-8H2,1-6H3. The maximum atomic E-state index is 13.0. The van der Waals surface area contributed by atoms with Gasteiger partial charge in [0.25, 0.3) is 0 Å². The molecule has 1 N–H and O–H groups in total. The lowest BCUT2D eigenvalue weighted by molar-refractivity contribution is -0.139. The van der Waals surface area contributed by atoms with E-state index in [4.69, 9.17) is 18.9 Å². The lowest BCUT2D eigenvalue weighted by atomic mass is 9.80. The van der Waals surface area contributed by atoms with Gasteiger partial charge in [-0.25, -0.2) is 14.4 Å². The van der Waals surface area contributed by atoms with Gasteiger partial charge in [0.05, 0.1) is 43.0 Å². The van der Waals surface area contributed by atoms with Gasteiger partial charge in [0, 0.05) is 11.4 Å². The van der Waals surface area contributed by atoms with Crippen molar-refractivity contribution in [2.45, 2.75) is 40.5 Å². The van der Waals surface area contributed by atoms with Gasteiger partial charge < -0.3 is 24.3 Å². The summed E-state index contributed by atoms with van der Waals surface area (Å²) >= 11 is 0. The summed E-state index contributed by atoms with van der Waals surface area (Å²) in [5.74, 6) is -1.93. The number of carbonyl (C=O) groups is 3. The number of dihydropyridines is 1. The number of nitrogens with one attached hydrogen (secondary N) is 1. The van der Waals surface area contributed by atoms with Crippen molar-refractivity contribution in [2.24, 2.45) is 0 Å². The molecule has 0 spiro atoms. The molecule has 2 aromatic rings. The first kappa shape index (κ1) is 26.5. The van der Waals surface area contributed by atoms with E-state index in [1.807, 2.05) is 19.1 Å². The molecule has 0 atom stereocenters. The van der Waals surface area contributed by atoms with E-state index in [1.54, 1.807) is 58.0 Å². The van der Waals surface area contributed by atoms with Gasteiger partial charge in [0.2, 0.25) is 0 Å². The highest BCUT2D eigenvalue weighted by atomic mass is 16.6. The molecule has 1 heterocycles. The van der Waals surface area contributed by atoms with E-state index >= 15 is 0 Å². The Morgan fingerprint density at radius 2 is 1.33 bits per heavy atom. The second-order valence-corrected chi connectivity index (χ2v) is 8.24. The van der Waals surface area contributed by atoms with Gasteiger partial charge in [0.1, 0.15) is 0 Å². The van der Waals surface area contributed by atoms with Crippen LogP contribution in [0.15, 0.2) is 65.0 Å². The number of benzene rings is 2. The molecule has 8 heteroatoms. The van der Waals surface area contributed by atoms with Crippen LogP contribution in [0.3, 0.4) is 0 Å². The predicted molar refractivity (Wildman–Crippen MR) is 134 cm³/mol. The fourth-order valence-corrected chi connectivity index (χ4v) is 4.08. The van der Waals surface area contributed by atoms with E-state index in [2.05, 4.69) is 5.32 Å². The molecule has 190 valence electrons. The molecular formula is C28H31NO7. The monoisotopic (exact) mass is 493 g/mol. The summed E-state index contributed by atoms with van der Waals surface area (Å²) in [6.07, 6.45) is 0. The molecule has 1 aliphatic heterocycles. The molecule has 0 fully saturated rings. The maximum absolute atomic E-state index is 13.0. The molecule has 0 bridgehead atoms. The number of rotatable bonds is 8. The van der Waals surface area contributed by atoms with Crippen LogP contribution in [0.1, 0.15) is 55.1 Å². The Bertz CT molecular complexity index is 1180. The van der Waals surface area contributed by atoms with Crippen molar-refractivity contribution < 1.29 is 33.3 Å². The molecule has 2 aromatic carbocycles. The second-order valence-electron chi connectivity index (χ2n) is 8.24. The molecular weight excluding hydrogens is 462 g/mol. The van der Waals surface area contributed by atoms with Crippen molar-refractivity contribution in [3.8, 4) is 11.5 Å². The zero-order valence-corrected chi connectivity index (χ0v) is 21.4. The fraction of sp³-hybridized carbons (Fsp3) is 0.321. The molecule has 0 saturated carbocycles. The van der Waals surface area contributed by atoms with Crippen molar-refractivity contribution in [1.29, 1.82) is 0 Å². The summed E-state index contributed by atoms with van der Waals surface area (Å²) < 4.78 is 21.7. The van der Waals surface area contributed by atoms with Crippen molar-refractivity contribution in [2.75, 3.05) is 20.3 Å². The number of hydrogen-bond donors (Lipinski definition) is 1. The molecule has 0 aliphatic carbocycles. The Morgan fingerprint density at radius 1 is 0.778 bits per heavy atom. The molecule has 0 unspecified atom stereocenters. The van der Waals surface area contributed by atoms with Gasteiger partial charge in [-0.3, -0.25) is 0 Å². The molecule has 0 saturated heterocycles. The quantitative estimate of drug-likeness (QED) is 0.421. The Balaban J connectivity index is 2.06. The Labute approximate surface area is 210 Å². The molecule has 0 amide bonds. The number of methoxy groups -OCH3 is 1. The van der Waals surface area contributed by atoms with Crippen LogP contribution in [0, 0.1) is 6.92 Å². The third-order valence-electron chi connectivity index (χ3n) is 5.76. The minimum atomic E-state index is -0.778. The van der Waals surface area contributed by atoms with Crippen LogP contribution in [0.2, 0.25) is 0 Å². The second kappa shape index (κ2) is 11.6. The normalized spacial score (nSPS) is 13.7. The third-order valence-corrected chi connectivity index (χ3v) is 5.76. The van der Waals surface area contributed by atoms with Crippen LogP contribution in [-0.4, -0.2) is 38.2 Å². The molecule has 36 heavy (non-hydrogen) atoms. The Kier molecular flexibility index (Phi) is 8.53. The highest BCUT2D eigenvalue weighted by molar-refractivity contribution is 6.00. The van der Waals surface area contributed by atoms with Crippen LogP contribution in [0.5, 0.6) is 11.5 Å². The van der Waals surface area contributed by atoms with E-state index < -0.39 is 23.8 Å². The third kappa shape index (κ3) is 5.59. The summed E-state index contributed by atoms with van der Waals surface area (Å²) in [5.41, 5.74) is 3.71. The fourth-order valence-electron chi connectivity index (χ4n) is 4.08. The van der Waals surface area contributed by atoms with Crippen LogP contribution in [0.4, 0.5) is 0 Å². The molecule has 3 rings (SSSR count). The zero-order valence-electron chi connectivity index (χ0n) is 21.4. The SMILES string of the molecule is CCOC(=O)C1=C(C)NC(C)=C(C(=O)OCC)C1c1ccc(OC(=O)c2ccc(C)cc2)c(OC)c1. The zero-order chi connectivity index (χ0) is 26.4. The van der Waals surface area contributed by atoms with E-state index in [0.29, 0.717) is 22.5 Å². The van der Waals surface area contributed by atoms with E-state index in [9.17, 15) is 14.4 Å². The van der Waals surface area contributed by atoms with Gasteiger partial charge in [-0.05, 0) is 64.4 Å². The summed E-state index contributed by atoms with van der Waals surface area (Å²) in [7, 11) is 1.45. The van der Waals surface area contributed by atoms with Gasteiger partial charge in [-0.15, -0.1) is 0 Å². The Hall–Kier alpha value is -4.07. The van der Waals surface area contributed by atoms with Crippen LogP contribution in [-0.2, 0) is 19.1 Å². The number of carbonyl (C=O) groups excluding carboxylic acids is 3. The van der Waals surface area contributed by atoms with E-state index in [0.717, 1.165) is 5.56 Å². The van der Waals surface area contributed by atoms with Crippen LogP contribution >= 0.6 is 0 Å². The minimum absolute atomic E-state index is 0.178. The summed E-state index contributed by atoms with van der Waals surface area (Å²) in [4.78, 5) is 38.6.